The molecule has 0 spiro atoms. The fourth-order valence-corrected chi connectivity index (χ4v) is 2.84. The molecule has 1 aliphatic heterocycles. The molecule has 1 aliphatic rings. The molecule has 1 heterocycles. The number of ether oxygens (including phenoxy) is 1. The Morgan fingerprint density at radius 1 is 1.32 bits per heavy atom. The van der Waals surface area contributed by atoms with Crippen LogP contribution in [-0.4, -0.2) is 24.6 Å². The lowest BCUT2D eigenvalue weighted by atomic mass is 9.98. The molecular weight excluding hydrogens is 289 g/mol. The molecule has 1 unspecified atom stereocenters. The summed E-state index contributed by atoms with van der Waals surface area (Å²) in [5.74, 6) is -2.07. The van der Waals surface area contributed by atoms with Crippen molar-refractivity contribution in [2.75, 3.05) is 7.11 Å². The van der Waals surface area contributed by atoms with Crippen LogP contribution in [0.2, 0.25) is 0 Å². The highest BCUT2D eigenvalue weighted by Crippen LogP contribution is 2.43. The van der Waals surface area contributed by atoms with Gasteiger partial charge in [-0.25, -0.2) is 4.39 Å². The Hall–Kier alpha value is -2.41. The lowest BCUT2D eigenvalue weighted by Gasteiger charge is -2.44. The summed E-state index contributed by atoms with van der Waals surface area (Å²) in [6.07, 6.45) is 0. The number of aliphatic imine (C=N–C) groups is 1. The Labute approximate surface area is 127 Å². The Morgan fingerprint density at radius 2 is 1.86 bits per heavy atom. The van der Waals surface area contributed by atoms with Gasteiger partial charge in [-0.05, 0) is 32.9 Å². The van der Waals surface area contributed by atoms with Gasteiger partial charge in [0.15, 0.2) is 5.82 Å². The van der Waals surface area contributed by atoms with Crippen LogP contribution in [0.4, 0.5) is 10.1 Å². The molecule has 0 aliphatic carbocycles. The third kappa shape index (κ3) is 2.05. The van der Waals surface area contributed by atoms with E-state index in [-0.39, 0.29) is 17.5 Å². The molecule has 0 saturated heterocycles. The molecule has 0 aromatic heterocycles. The summed E-state index contributed by atoms with van der Waals surface area (Å²) in [4.78, 5) is 15.7. The first kappa shape index (κ1) is 16.0. The molecule has 0 fully saturated rings. The van der Waals surface area contributed by atoms with Crippen molar-refractivity contribution in [2.24, 2.45) is 10.7 Å². The third-order valence-electron chi connectivity index (χ3n) is 3.68. The van der Waals surface area contributed by atoms with Gasteiger partial charge in [0.1, 0.15) is 23.0 Å². The third-order valence-corrected chi connectivity index (χ3v) is 3.68. The van der Waals surface area contributed by atoms with Gasteiger partial charge in [-0.1, -0.05) is 0 Å². The maximum Gasteiger partial charge on any atom is 0.411 e. The lowest BCUT2D eigenvalue weighted by Crippen LogP contribution is -2.66. The highest BCUT2D eigenvalue weighted by molar-refractivity contribution is 6.04. The fourth-order valence-electron chi connectivity index (χ4n) is 2.84. The summed E-state index contributed by atoms with van der Waals surface area (Å²) in [7, 11) is 1.38. The number of methoxy groups -OCH3 is 1. The molecule has 7 heteroatoms. The summed E-state index contributed by atoms with van der Waals surface area (Å²) >= 11 is 0. The molecule has 0 radical (unpaired) electrons. The number of halogens is 1. The van der Waals surface area contributed by atoms with E-state index in [4.69, 9.17) is 10.5 Å². The average molecular weight is 307 g/mol. The smallest absolute Gasteiger partial charge is 0.411 e. The Kier molecular flexibility index (Phi) is 3.70. The highest BCUT2D eigenvalue weighted by atomic mass is 19.1. The predicted molar refractivity (Wildman–Crippen MR) is 78.6 cm³/mol. The van der Waals surface area contributed by atoms with Gasteiger partial charge < -0.3 is 20.4 Å². The van der Waals surface area contributed by atoms with E-state index in [9.17, 15) is 14.3 Å². The first-order valence-corrected chi connectivity index (χ1v) is 6.66. The van der Waals surface area contributed by atoms with Crippen LogP contribution in [0.25, 0.3) is 0 Å². The van der Waals surface area contributed by atoms with Gasteiger partial charge in [0.2, 0.25) is 5.70 Å². The molecular formula is C15H18FN3O3. The van der Waals surface area contributed by atoms with Crippen LogP contribution < -0.4 is 15.3 Å². The van der Waals surface area contributed by atoms with Crippen molar-refractivity contribution in [1.29, 1.82) is 0 Å². The SMILES string of the molecule is COC1=NC(N)=C(C(=O)[O-])[N+]1(c1ccc(F)cc1)C(C)(C)C. The van der Waals surface area contributed by atoms with E-state index >= 15 is 0 Å². The van der Waals surface area contributed by atoms with E-state index in [1.54, 1.807) is 0 Å². The van der Waals surface area contributed by atoms with E-state index in [0.717, 1.165) is 0 Å². The number of benzene rings is 1. The number of rotatable bonds is 2. The zero-order valence-electron chi connectivity index (χ0n) is 12.9. The minimum Gasteiger partial charge on any atom is -0.540 e. The van der Waals surface area contributed by atoms with Crippen molar-refractivity contribution in [2.45, 2.75) is 26.3 Å². The number of carbonyl (C=O) groups is 1. The normalized spacial score (nSPS) is 21.8. The first-order chi connectivity index (χ1) is 10.2. The van der Waals surface area contributed by atoms with Gasteiger partial charge >= 0.3 is 6.02 Å². The molecule has 1 aromatic carbocycles. The van der Waals surface area contributed by atoms with E-state index in [2.05, 4.69) is 4.99 Å². The Balaban J connectivity index is 2.86. The first-order valence-electron chi connectivity index (χ1n) is 6.66. The molecule has 0 saturated carbocycles. The second-order valence-electron chi connectivity index (χ2n) is 5.94. The highest BCUT2D eigenvalue weighted by Gasteiger charge is 2.57. The second-order valence-corrected chi connectivity index (χ2v) is 5.94. The summed E-state index contributed by atoms with van der Waals surface area (Å²) in [6, 6.07) is 5.55. The number of hydrogen-bond donors (Lipinski definition) is 1. The lowest BCUT2D eigenvalue weighted by molar-refractivity contribution is -0.301. The van der Waals surface area contributed by atoms with Gasteiger partial charge in [-0.15, -0.1) is 4.99 Å². The van der Waals surface area contributed by atoms with Crippen molar-refractivity contribution in [3.05, 3.63) is 41.6 Å². The van der Waals surface area contributed by atoms with Crippen LogP contribution in [0.3, 0.4) is 0 Å². The monoisotopic (exact) mass is 307 g/mol. The van der Waals surface area contributed by atoms with Gasteiger partial charge in [-0.3, -0.25) is 0 Å². The molecule has 0 amide bonds. The van der Waals surface area contributed by atoms with Crippen LogP contribution >= 0.6 is 0 Å². The van der Waals surface area contributed by atoms with Crippen molar-refractivity contribution in [3.63, 3.8) is 0 Å². The van der Waals surface area contributed by atoms with E-state index in [1.807, 2.05) is 20.8 Å². The van der Waals surface area contributed by atoms with Crippen molar-refractivity contribution in [3.8, 4) is 0 Å². The standard InChI is InChI=1S/C15H18FN3O3/c1-15(2,3)19(10-7-5-9(16)6-8-10)11(13(20)21)12(17)18-14(19)22-4/h5-8H,17H2,1-4H3. The summed E-state index contributed by atoms with van der Waals surface area (Å²) < 4.78 is 18.2. The zero-order valence-corrected chi connectivity index (χ0v) is 12.9. The molecule has 2 N–H and O–H groups in total. The number of hydrogen-bond acceptors (Lipinski definition) is 5. The maximum atomic E-state index is 13.3. The fraction of sp³-hybridized carbons (Fsp3) is 0.333. The number of amidine groups is 1. The van der Waals surface area contributed by atoms with Gasteiger partial charge in [0.05, 0.1) is 7.11 Å². The number of carboxylic acid groups (broad SMARTS) is 1. The largest absolute Gasteiger partial charge is 0.540 e. The second kappa shape index (κ2) is 5.10. The van der Waals surface area contributed by atoms with Crippen molar-refractivity contribution < 1.29 is 19.0 Å². The number of nitrogens with two attached hydrogens (primary N) is 1. The Morgan fingerprint density at radius 3 is 2.27 bits per heavy atom. The predicted octanol–water partition coefficient (Wildman–Crippen LogP) is 0.825. The van der Waals surface area contributed by atoms with Crippen LogP contribution in [0.15, 0.2) is 40.8 Å². The number of aliphatic carboxylic acids is 1. The molecule has 22 heavy (non-hydrogen) atoms. The Bertz CT molecular complexity index is 674. The summed E-state index contributed by atoms with van der Waals surface area (Å²) in [6.45, 7) is 5.44. The van der Waals surface area contributed by atoms with E-state index in [0.29, 0.717) is 5.69 Å². The minimum absolute atomic E-state index is 0.0933. The zero-order chi connectivity index (χ0) is 16.7. The molecule has 1 atom stereocenters. The van der Waals surface area contributed by atoms with Gasteiger partial charge in [0, 0.05) is 12.1 Å². The maximum absolute atomic E-state index is 13.3. The number of carbonyl (C=O) groups excluding carboxylic acids is 1. The average Bonchev–Trinajstić information content (AvgIpc) is 2.72. The van der Waals surface area contributed by atoms with E-state index in [1.165, 1.54) is 31.4 Å². The topological polar surface area (TPSA) is 87.7 Å². The summed E-state index contributed by atoms with van der Waals surface area (Å²) in [5, 5.41) is 11.7. The van der Waals surface area contributed by atoms with Crippen LogP contribution in [-0.2, 0) is 9.53 Å². The molecule has 6 nitrogen and oxygen atoms in total. The van der Waals surface area contributed by atoms with Crippen LogP contribution in [0.1, 0.15) is 20.8 Å². The van der Waals surface area contributed by atoms with E-state index < -0.39 is 21.8 Å². The minimum atomic E-state index is -1.45. The van der Waals surface area contributed by atoms with Crippen LogP contribution in [0.5, 0.6) is 0 Å². The quantitative estimate of drug-likeness (QED) is 0.820. The van der Waals surface area contributed by atoms with Crippen LogP contribution in [0, 0.1) is 5.82 Å². The summed E-state index contributed by atoms with van der Waals surface area (Å²) in [5.41, 5.74) is 5.31. The van der Waals surface area contributed by atoms with Gasteiger partial charge in [-0.2, -0.15) is 4.48 Å². The molecule has 2 rings (SSSR count). The molecule has 118 valence electrons. The number of quaternary nitrogens is 1. The van der Waals surface area contributed by atoms with Gasteiger partial charge in [0.25, 0.3) is 0 Å². The molecule has 1 aromatic rings. The van der Waals surface area contributed by atoms with Crippen molar-refractivity contribution >= 4 is 17.7 Å². The number of nitrogens with zero attached hydrogens (tertiary/aromatic N) is 2. The number of carboxylic acids is 1. The van der Waals surface area contributed by atoms with Crippen molar-refractivity contribution in [1.82, 2.24) is 4.48 Å². The molecule has 0 bridgehead atoms.